The lowest BCUT2D eigenvalue weighted by Gasteiger charge is -2.16. The van der Waals surface area contributed by atoms with Crippen LogP contribution in [-0.4, -0.2) is 18.9 Å². The van der Waals surface area contributed by atoms with E-state index in [2.05, 4.69) is 5.32 Å². The predicted octanol–water partition coefficient (Wildman–Crippen LogP) is 4.15. The molecule has 0 atom stereocenters. The molecule has 6 nitrogen and oxygen atoms in total. The molecule has 0 saturated carbocycles. The third kappa shape index (κ3) is 4.73. The molecular weight excluding hydrogens is 436 g/mol. The minimum Gasteiger partial charge on any atom is -0.324 e. The Hall–Kier alpha value is -2.90. The Morgan fingerprint density at radius 2 is 1.71 bits per heavy atom. The molecule has 0 bridgehead atoms. The van der Waals surface area contributed by atoms with Crippen LogP contribution in [0.1, 0.15) is 23.7 Å². The Bertz CT molecular complexity index is 1300. The van der Waals surface area contributed by atoms with E-state index in [-0.39, 0.29) is 16.3 Å². The third-order valence-electron chi connectivity index (χ3n) is 5.02. The molecule has 8 heteroatoms. The maximum atomic E-state index is 13.2. The molecular formula is C23H23ClN2O4S. The van der Waals surface area contributed by atoms with Crippen LogP contribution in [0.4, 0.5) is 5.69 Å². The van der Waals surface area contributed by atoms with Gasteiger partial charge in [0.05, 0.1) is 4.90 Å². The number of nitrogens with zero attached hydrogens (tertiary/aromatic N) is 1. The van der Waals surface area contributed by atoms with Crippen LogP contribution in [0, 0.1) is 13.8 Å². The first-order chi connectivity index (χ1) is 14.6. The summed E-state index contributed by atoms with van der Waals surface area (Å²) in [5.74, 6) is -0.412. The van der Waals surface area contributed by atoms with Crippen LogP contribution in [0.15, 0.2) is 69.2 Å². The average molecular weight is 459 g/mol. The van der Waals surface area contributed by atoms with Crippen LogP contribution in [0.5, 0.6) is 0 Å². The number of hydrogen-bond acceptors (Lipinski definition) is 4. The van der Waals surface area contributed by atoms with Gasteiger partial charge in [0.25, 0.3) is 5.56 Å². The highest BCUT2D eigenvalue weighted by atomic mass is 35.5. The maximum absolute atomic E-state index is 13.2. The van der Waals surface area contributed by atoms with Crippen LogP contribution in [-0.2, 0) is 27.6 Å². The van der Waals surface area contributed by atoms with Crippen molar-refractivity contribution in [1.29, 1.82) is 0 Å². The van der Waals surface area contributed by atoms with Crippen molar-refractivity contribution < 1.29 is 13.2 Å². The van der Waals surface area contributed by atoms with E-state index in [1.807, 2.05) is 25.1 Å². The van der Waals surface area contributed by atoms with E-state index in [0.717, 1.165) is 12.0 Å². The molecule has 2 aromatic carbocycles. The van der Waals surface area contributed by atoms with Gasteiger partial charge < -0.3 is 9.88 Å². The number of hydrogen-bond donors (Lipinski definition) is 1. The lowest BCUT2D eigenvalue weighted by Crippen LogP contribution is -2.33. The van der Waals surface area contributed by atoms with Crippen LogP contribution < -0.4 is 10.9 Å². The summed E-state index contributed by atoms with van der Waals surface area (Å²) in [6.07, 6.45) is 0.740. The first-order valence-electron chi connectivity index (χ1n) is 9.74. The van der Waals surface area contributed by atoms with Crippen molar-refractivity contribution in [3.05, 3.63) is 86.8 Å². The molecule has 1 heterocycles. The zero-order valence-electron chi connectivity index (χ0n) is 17.5. The minimum atomic E-state index is -4.09. The van der Waals surface area contributed by atoms with Gasteiger partial charge in [-0.05, 0) is 67.8 Å². The van der Waals surface area contributed by atoms with Crippen molar-refractivity contribution in [1.82, 2.24) is 4.57 Å². The van der Waals surface area contributed by atoms with Gasteiger partial charge in [0.15, 0.2) is 0 Å². The number of carbonyl (C=O) groups is 1. The Kier molecular flexibility index (Phi) is 6.67. The lowest BCUT2D eigenvalue weighted by molar-refractivity contribution is -0.116. The second kappa shape index (κ2) is 9.08. The first-order valence-corrected chi connectivity index (χ1v) is 11.6. The zero-order valence-corrected chi connectivity index (χ0v) is 19.0. The number of sulfone groups is 1. The monoisotopic (exact) mass is 458 g/mol. The number of amides is 1. The minimum absolute atomic E-state index is 0.0335. The molecule has 0 fully saturated rings. The number of anilines is 1. The highest BCUT2D eigenvalue weighted by Crippen LogP contribution is 2.23. The van der Waals surface area contributed by atoms with Gasteiger partial charge in [0.1, 0.15) is 11.4 Å². The zero-order chi connectivity index (χ0) is 22.8. The molecule has 0 radical (unpaired) electrons. The fourth-order valence-corrected chi connectivity index (χ4v) is 5.13. The Balaban J connectivity index is 2.00. The molecule has 0 spiro atoms. The van der Waals surface area contributed by atoms with Gasteiger partial charge in [0, 0.05) is 16.4 Å². The van der Waals surface area contributed by atoms with Gasteiger partial charge >= 0.3 is 0 Å². The number of benzene rings is 2. The number of halogens is 1. The number of carbonyl (C=O) groups excluding carboxylic acids is 1. The summed E-state index contributed by atoms with van der Waals surface area (Å²) in [5.41, 5.74) is 1.73. The second-order valence-corrected chi connectivity index (χ2v) is 9.53. The molecule has 31 heavy (non-hydrogen) atoms. The molecule has 1 N–H and O–H groups in total. The smallest absolute Gasteiger partial charge is 0.270 e. The van der Waals surface area contributed by atoms with E-state index in [0.29, 0.717) is 22.0 Å². The van der Waals surface area contributed by atoms with Crippen molar-refractivity contribution in [2.75, 3.05) is 5.32 Å². The molecule has 1 aromatic heterocycles. The van der Waals surface area contributed by atoms with Crippen molar-refractivity contribution >= 4 is 33.0 Å². The largest absolute Gasteiger partial charge is 0.324 e. The number of nitrogens with one attached hydrogen (secondary N) is 1. The third-order valence-corrected chi connectivity index (χ3v) is 7.19. The number of pyridine rings is 1. The molecule has 3 aromatic rings. The molecule has 3 rings (SSSR count). The molecule has 0 aliphatic heterocycles. The summed E-state index contributed by atoms with van der Waals surface area (Å²) in [5, 5.41) is 3.20. The van der Waals surface area contributed by atoms with Crippen LogP contribution >= 0.6 is 11.6 Å². The van der Waals surface area contributed by atoms with Crippen molar-refractivity contribution in [2.45, 2.75) is 43.5 Å². The van der Waals surface area contributed by atoms with Crippen molar-refractivity contribution in [3.63, 3.8) is 0 Å². The summed E-state index contributed by atoms with van der Waals surface area (Å²) in [4.78, 5) is 25.5. The van der Waals surface area contributed by atoms with E-state index in [4.69, 9.17) is 11.6 Å². The highest BCUT2D eigenvalue weighted by molar-refractivity contribution is 7.91. The van der Waals surface area contributed by atoms with E-state index >= 15 is 0 Å². The molecule has 0 saturated heterocycles. The van der Waals surface area contributed by atoms with Gasteiger partial charge in [-0.25, -0.2) is 8.42 Å². The number of rotatable bonds is 6. The van der Waals surface area contributed by atoms with Crippen LogP contribution in [0.3, 0.4) is 0 Å². The predicted molar refractivity (Wildman–Crippen MR) is 122 cm³/mol. The SMILES string of the molecule is CCc1ccccc1NC(=O)Cn1c(C)cc(C)c(S(=O)(=O)c2ccc(Cl)cc2)c1=O. The van der Waals surface area contributed by atoms with E-state index in [1.54, 1.807) is 26.0 Å². The summed E-state index contributed by atoms with van der Waals surface area (Å²) in [7, 11) is -4.09. The van der Waals surface area contributed by atoms with Crippen molar-refractivity contribution in [3.8, 4) is 0 Å². The quantitative estimate of drug-likeness (QED) is 0.601. The van der Waals surface area contributed by atoms with Gasteiger partial charge in [-0.15, -0.1) is 0 Å². The summed E-state index contributed by atoms with van der Waals surface area (Å²) in [6, 6.07) is 14.6. The van der Waals surface area contributed by atoms with E-state index in [9.17, 15) is 18.0 Å². The van der Waals surface area contributed by atoms with E-state index < -0.39 is 21.3 Å². The summed E-state index contributed by atoms with van der Waals surface area (Å²) >= 11 is 5.86. The van der Waals surface area contributed by atoms with Gasteiger partial charge in [-0.2, -0.15) is 0 Å². The molecule has 1 amide bonds. The summed E-state index contributed by atoms with van der Waals surface area (Å²) < 4.78 is 27.5. The maximum Gasteiger partial charge on any atom is 0.270 e. The van der Waals surface area contributed by atoms with Gasteiger partial charge in [-0.1, -0.05) is 36.7 Å². The van der Waals surface area contributed by atoms with E-state index in [1.165, 1.54) is 28.8 Å². The average Bonchev–Trinajstić information content (AvgIpc) is 2.71. The molecule has 162 valence electrons. The van der Waals surface area contributed by atoms with Gasteiger partial charge in [0.2, 0.25) is 15.7 Å². The lowest BCUT2D eigenvalue weighted by atomic mass is 10.1. The summed E-state index contributed by atoms with van der Waals surface area (Å²) in [6.45, 7) is 4.92. The number of para-hydroxylation sites is 1. The fraction of sp³-hybridized carbons (Fsp3) is 0.217. The van der Waals surface area contributed by atoms with Gasteiger partial charge in [-0.3, -0.25) is 9.59 Å². The highest BCUT2D eigenvalue weighted by Gasteiger charge is 2.26. The second-order valence-electron chi connectivity index (χ2n) is 7.21. The Morgan fingerprint density at radius 1 is 1.06 bits per heavy atom. The standard InChI is InChI=1S/C23H23ClN2O4S/c1-4-17-7-5-6-8-20(17)25-21(27)14-26-16(3)13-15(2)22(23(26)28)31(29,30)19-11-9-18(24)10-12-19/h5-13H,4,14H2,1-3H3,(H,25,27). The Morgan fingerprint density at radius 3 is 2.35 bits per heavy atom. The van der Waals surface area contributed by atoms with Crippen LogP contribution in [0.25, 0.3) is 0 Å². The molecule has 0 aliphatic carbocycles. The van der Waals surface area contributed by atoms with Crippen LogP contribution in [0.2, 0.25) is 5.02 Å². The number of aryl methyl sites for hydroxylation is 3. The topological polar surface area (TPSA) is 85.2 Å². The normalized spacial score (nSPS) is 11.4. The fourth-order valence-electron chi connectivity index (χ4n) is 3.45. The molecule has 0 aliphatic rings. The number of aromatic nitrogens is 1. The van der Waals surface area contributed by atoms with Crippen molar-refractivity contribution in [2.24, 2.45) is 0 Å². The Labute approximate surface area is 186 Å². The molecule has 0 unspecified atom stereocenters. The first kappa shape index (κ1) is 22.8.